The average Bonchev–Trinajstić information content (AvgIpc) is 2.56. The Balaban J connectivity index is 2.38. The molecule has 0 saturated carbocycles. The Hall–Kier alpha value is -2.11. The number of nitrogens with two attached hydrogens (primary N) is 2. The Bertz CT molecular complexity index is 743. The number of ketones is 1. The highest BCUT2D eigenvalue weighted by molar-refractivity contribution is 6.35. The fraction of sp³-hybridized carbons (Fsp3) is 0.235. The van der Waals surface area contributed by atoms with E-state index in [0.717, 1.165) is 0 Å². The number of anilines is 2. The second kappa shape index (κ2) is 6.79. The third-order valence-electron chi connectivity index (χ3n) is 4.17. The highest BCUT2D eigenvalue weighted by atomic mass is 35.5. The van der Waals surface area contributed by atoms with Crippen LogP contribution in [0.1, 0.15) is 36.8 Å². The summed E-state index contributed by atoms with van der Waals surface area (Å²) >= 11 is 11.9. The molecule has 0 amide bonds. The summed E-state index contributed by atoms with van der Waals surface area (Å²) < 4.78 is 0. The standard InChI is InChI=1S/C17H18Cl2N2O3/c1-7(9-3-5-11(22)13(18)15(9)20)17(24)8(2)10-4-6-12(23)14(19)16(10)21/h3-8,22-23H,20-21H2,1-2H3. The molecule has 5 nitrogen and oxygen atoms in total. The largest absolute Gasteiger partial charge is 0.506 e. The summed E-state index contributed by atoms with van der Waals surface area (Å²) in [4.78, 5) is 12.8. The van der Waals surface area contributed by atoms with Gasteiger partial charge < -0.3 is 21.7 Å². The van der Waals surface area contributed by atoms with Crippen molar-refractivity contribution in [2.45, 2.75) is 25.7 Å². The van der Waals surface area contributed by atoms with Gasteiger partial charge in [-0.1, -0.05) is 49.2 Å². The smallest absolute Gasteiger partial charge is 0.147 e. The number of aromatic hydroxyl groups is 2. The van der Waals surface area contributed by atoms with Crippen LogP contribution >= 0.6 is 23.2 Å². The number of nitrogen functional groups attached to an aromatic ring is 2. The lowest BCUT2D eigenvalue weighted by molar-refractivity contribution is -0.121. The number of halogens is 2. The number of rotatable bonds is 4. The van der Waals surface area contributed by atoms with Crippen molar-refractivity contribution in [3.63, 3.8) is 0 Å². The molecule has 0 aliphatic rings. The van der Waals surface area contributed by atoms with Gasteiger partial charge in [-0.15, -0.1) is 0 Å². The van der Waals surface area contributed by atoms with E-state index in [1.807, 2.05) is 0 Å². The highest BCUT2D eigenvalue weighted by Gasteiger charge is 2.27. The van der Waals surface area contributed by atoms with E-state index >= 15 is 0 Å². The zero-order chi connectivity index (χ0) is 18.2. The molecule has 128 valence electrons. The van der Waals surface area contributed by atoms with Crippen molar-refractivity contribution >= 4 is 40.4 Å². The Morgan fingerprint density at radius 2 is 1.21 bits per heavy atom. The molecule has 0 aliphatic carbocycles. The van der Waals surface area contributed by atoms with Gasteiger partial charge >= 0.3 is 0 Å². The van der Waals surface area contributed by atoms with Gasteiger partial charge in [-0.05, 0) is 23.3 Å². The number of hydrogen-bond acceptors (Lipinski definition) is 5. The monoisotopic (exact) mass is 368 g/mol. The fourth-order valence-electron chi connectivity index (χ4n) is 2.63. The van der Waals surface area contributed by atoms with Crippen LogP contribution in [0.15, 0.2) is 24.3 Å². The molecule has 0 saturated heterocycles. The van der Waals surface area contributed by atoms with Crippen LogP contribution in [0.5, 0.6) is 11.5 Å². The van der Waals surface area contributed by atoms with Crippen LogP contribution in [0, 0.1) is 0 Å². The molecule has 0 aliphatic heterocycles. The summed E-state index contributed by atoms with van der Waals surface area (Å²) in [6.45, 7) is 3.41. The summed E-state index contributed by atoms with van der Waals surface area (Å²) in [5.74, 6) is -1.55. The maximum atomic E-state index is 12.8. The third kappa shape index (κ3) is 3.09. The molecule has 7 heteroatoms. The van der Waals surface area contributed by atoms with Gasteiger partial charge in [0.15, 0.2) is 0 Å². The van der Waals surface area contributed by atoms with E-state index in [0.29, 0.717) is 11.1 Å². The lowest BCUT2D eigenvalue weighted by atomic mass is 9.84. The summed E-state index contributed by atoms with van der Waals surface area (Å²) in [7, 11) is 0. The van der Waals surface area contributed by atoms with Gasteiger partial charge in [-0.2, -0.15) is 0 Å². The van der Waals surface area contributed by atoms with E-state index in [1.54, 1.807) is 26.0 Å². The van der Waals surface area contributed by atoms with Crippen molar-refractivity contribution in [1.82, 2.24) is 0 Å². The maximum absolute atomic E-state index is 12.8. The van der Waals surface area contributed by atoms with Crippen molar-refractivity contribution < 1.29 is 15.0 Å². The number of hydrogen-bond donors (Lipinski definition) is 4. The molecule has 2 aromatic rings. The molecule has 2 unspecified atom stereocenters. The first-order chi connectivity index (χ1) is 11.2. The minimum absolute atomic E-state index is 0.0204. The van der Waals surface area contributed by atoms with Gasteiger partial charge in [0.1, 0.15) is 27.3 Å². The average molecular weight is 369 g/mol. The predicted octanol–water partition coefficient (Wildman–Crippen LogP) is 4.05. The topological polar surface area (TPSA) is 110 Å². The zero-order valence-electron chi connectivity index (χ0n) is 13.2. The Morgan fingerprint density at radius 1 is 0.875 bits per heavy atom. The summed E-state index contributed by atoms with van der Waals surface area (Å²) in [5, 5.41) is 19.2. The number of carbonyl (C=O) groups is 1. The van der Waals surface area contributed by atoms with Gasteiger partial charge in [0.05, 0.1) is 11.4 Å². The van der Waals surface area contributed by atoms with Crippen LogP contribution in [0.4, 0.5) is 11.4 Å². The lowest BCUT2D eigenvalue weighted by Gasteiger charge is -2.21. The fourth-order valence-corrected chi connectivity index (χ4v) is 2.97. The number of benzene rings is 2. The molecule has 0 bridgehead atoms. The quantitative estimate of drug-likeness (QED) is 0.608. The molecule has 2 aromatic carbocycles. The Morgan fingerprint density at radius 3 is 1.54 bits per heavy atom. The Kier molecular flexibility index (Phi) is 5.16. The van der Waals surface area contributed by atoms with Crippen LogP contribution in [0.3, 0.4) is 0 Å². The van der Waals surface area contributed by atoms with Crippen LogP contribution in [0.25, 0.3) is 0 Å². The first-order valence-corrected chi connectivity index (χ1v) is 7.99. The summed E-state index contributed by atoms with van der Waals surface area (Å²) in [6, 6.07) is 5.93. The normalized spacial score (nSPS) is 13.5. The molecular formula is C17H18Cl2N2O3. The SMILES string of the molecule is CC(C(=O)C(C)c1ccc(O)c(Cl)c1N)c1ccc(O)c(Cl)c1N. The van der Waals surface area contributed by atoms with Crippen molar-refractivity contribution in [1.29, 1.82) is 0 Å². The zero-order valence-corrected chi connectivity index (χ0v) is 14.7. The molecule has 24 heavy (non-hydrogen) atoms. The molecular weight excluding hydrogens is 351 g/mol. The molecule has 2 atom stereocenters. The molecule has 6 N–H and O–H groups in total. The van der Waals surface area contributed by atoms with Crippen molar-refractivity contribution in [2.75, 3.05) is 11.5 Å². The second-order valence-electron chi connectivity index (χ2n) is 5.65. The minimum Gasteiger partial charge on any atom is -0.506 e. The van der Waals surface area contributed by atoms with E-state index in [2.05, 4.69) is 0 Å². The van der Waals surface area contributed by atoms with E-state index in [1.165, 1.54) is 12.1 Å². The number of phenols is 2. The van der Waals surface area contributed by atoms with Gasteiger partial charge in [-0.25, -0.2) is 0 Å². The van der Waals surface area contributed by atoms with Gasteiger partial charge in [-0.3, -0.25) is 4.79 Å². The van der Waals surface area contributed by atoms with E-state index in [4.69, 9.17) is 34.7 Å². The van der Waals surface area contributed by atoms with Crippen molar-refractivity contribution in [2.24, 2.45) is 0 Å². The molecule has 2 rings (SSSR count). The predicted molar refractivity (Wildman–Crippen MR) is 96.9 cm³/mol. The molecule has 0 aromatic heterocycles. The first kappa shape index (κ1) is 18.2. The van der Waals surface area contributed by atoms with E-state index in [-0.39, 0.29) is 38.7 Å². The van der Waals surface area contributed by atoms with E-state index in [9.17, 15) is 15.0 Å². The van der Waals surface area contributed by atoms with Crippen LogP contribution < -0.4 is 11.5 Å². The van der Waals surface area contributed by atoms with Crippen molar-refractivity contribution in [3.05, 3.63) is 45.4 Å². The maximum Gasteiger partial charge on any atom is 0.147 e. The molecule has 0 radical (unpaired) electrons. The highest BCUT2D eigenvalue weighted by Crippen LogP contribution is 2.40. The van der Waals surface area contributed by atoms with Gasteiger partial charge in [0.2, 0.25) is 0 Å². The van der Waals surface area contributed by atoms with Crippen molar-refractivity contribution in [3.8, 4) is 11.5 Å². The second-order valence-corrected chi connectivity index (χ2v) is 6.40. The summed E-state index contributed by atoms with van der Waals surface area (Å²) in [6.07, 6.45) is 0. The van der Waals surface area contributed by atoms with Crippen LogP contribution in [-0.4, -0.2) is 16.0 Å². The van der Waals surface area contributed by atoms with Gasteiger partial charge in [0, 0.05) is 11.8 Å². The summed E-state index contributed by atoms with van der Waals surface area (Å²) in [5.41, 5.74) is 13.2. The number of carbonyl (C=O) groups excluding carboxylic acids is 1. The molecule has 0 spiro atoms. The number of Topliss-reactive ketones (excluding diaryl/α,β-unsaturated/α-hetero) is 1. The van der Waals surface area contributed by atoms with Crippen LogP contribution in [-0.2, 0) is 4.79 Å². The van der Waals surface area contributed by atoms with Gasteiger partial charge in [0.25, 0.3) is 0 Å². The van der Waals surface area contributed by atoms with Crippen LogP contribution in [0.2, 0.25) is 10.0 Å². The Labute approximate surface area is 149 Å². The minimum atomic E-state index is -0.565. The molecule has 0 heterocycles. The van der Waals surface area contributed by atoms with E-state index < -0.39 is 11.8 Å². The number of phenolic OH excluding ortho intramolecular Hbond substituents is 2. The lowest BCUT2D eigenvalue weighted by Crippen LogP contribution is -2.18. The molecule has 0 fully saturated rings. The third-order valence-corrected chi connectivity index (χ3v) is 4.97. The first-order valence-electron chi connectivity index (χ1n) is 7.24.